The van der Waals surface area contributed by atoms with Gasteiger partial charge < -0.3 is 0 Å². The first-order valence-electron chi connectivity index (χ1n) is 5.73. The van der Waals surface area contributed by atoms with E-state index in [1.807, 2.05) is 12.1 Å². The van der Waals surface area contributed by atoms with Crippen molar-refractivity contribution in [2.24, 2.45) is 0 Å². The minimum atomic E-state index is -0.132. The molecule has 1 aromatic rings. The lowest BCUT2D eigenvalue weighted by Gasteiger charge is -2.14. The standard InChI is InChI=1S/C14H16FN/c1-2-5-12-6-7-13(14(15)10-12)11-16-8-3-4-9-16/h6-7,10H,3-4,8-9,11H2,1H3. The van der Waals surface area contributed by atoms with E-state index >= 15 is 0 Å². The van der Waals surface area contributed by atoms with Crippen molar-refractivity contribution in [3.63, 3.8) is 0 Å². The van der Waals surface area contributed by atoms with Gasteiger partial charge >= 0.3 is 0 Å². The quantitative estimate of drug-likeness (QED) is 0.688. The van der Waals surface area contributed by atoms with Crippen LogP contribution >= 0.6 is 0 Å². The molecule has 0 aromatic heterocycles. The van der Waals surface area contributed by atoms with Gasteiger partial charge in [-0.1, -0.05) is 12.0 Å². The highest BCUT2D eigenvalue weighted by molar-refractivity contribution is 5.36. The average molecular weight is 217 g/mol. The van der Waals surface area contributed by atoms with Crippen LogP contribution in [0.15, 0.2) is 18.2 Å². The molecule has 0 atom stereocenters. The molecule has 1 fully saturated rings. The van der Waals surface area contributed by atoms with Gasteiger partial charge in [-0.05, 0) is 45.0 Å². The summed E-state index contributed by atoms with van der Waals surface area (Å²) < 4.78 is 13.7. The van der Waals surface area contributed by atoms with E-state index in [1.165, 1.54) is 18.9 Å². The van der Waals surface area contributed by atoms with Crippen LogP contribution < -0.4 is 0 Å². The largest absolute Gasteiger partial charge is 0.299 e. The zero-order chi connectivity index (χ0) is 11.4. The van der Waals surface area contributed by atoms with Crippen molar-refractivity contribution >= 4 is 0 Å². The molecule has 16 heavy (non-hydrogen) atoms. The molecular formula is C14H16FN. The second kappa shape index (κ2) is 5.14. The maximum absolute atomic E-state index is 13.7. The number of halogens is 1. The van der Waals surface area contributed by atoms with Gasteiger partial charge in [-0.2, -0.15) is 0 Å². The van der Waals surface area contributed by atoms with Crippen LogP contribution in [0, 0.1) is 17.7 Å². The van der Waals surface area contributed by atoms with Crippen LogP contribution in [0.4, 0.5) is 4.39 Å². The molecule has 1 aliphatic heterocycles. The fraction of sp³-hybridized carbons (Fsp3) is 0.429. The Balaban J connectivity index is 2.11. The predicted octanol–water partition coefficient (Wildman–Crippen LogP) is 2.79. The maximum Gasteiger partial charge on any atom is 0.128 e. The Morgan fingerprint density at radius 2 is 2.06 bits per heavy atom. The van der Waals surface area contributed by atoms with Crippen LogP contribution in [-0.2, 0) is 6.54 Å². The van der Waals surface area contributed by atoms with Crippen LogP contribution in [-0.4, -0.2) is 18.0 Å². The third kappa shape index (κ3) is 2.62. The summed E-state index contributed by atoms with van der Waals surface area (Å²) >= 11 is 0. The second-order valence-electron chi connectivity index (χ2n) is 4.16. The molecule has 2 heteroatoms. The molecule has 2 rings (SSSR count). The third-order valence-corrected chi connectivity index (χ3v) is 2.92. The molecule has 1 saturated heterocycles. The van der Waals surface area contributed by atoms with Crippen molar-refractivity contribution < 1.29 is 4.39 Å². The lowest BCUT2D eigenvalue weighted by Crippen LogP contribution is -2.19. The Morgan fingerprint density at radius 1 is 1.31 bits per heavy atom. The fourth-order valence-electron chi connectivity index (χ4n) is 2.08. The first-order valence-corrected chi connectivity index (χ1v) is 5.73. The highest BCUT2D eigenvalue weighted by atomic mass is 19.1. The van der Waals surface area contributed by atoms with Gasteiger partial charge in [0.15, 0.2) is 0 Å². The Labute approximate surface area is 96.3 Å². The smallest absolute Gasteiger partial charge is 0.128 e. The zero-order valence-corrected chi connectivity index (χ0v) is 9.59. The molecule has 1 nitrogen and oxygen atoms in total. The average Bonchev–Trinajstić information content (AvgIpc) is 2.75. The fourth-order valence-corrected chi connectivity index (χ4v) is 2.08. The number of hydrogen-bond acceptors (Lipinski definition) is 1. The van der Waals surface area contributed by atoms with Gasteiger partial charge in [0.1, 0.15) is 5.82 Å². The normalized spacial score (nSPS) is 15.9. The SMILES string of the molecule is CC#Cc1ccc(CN2CCCC2)c(F)c1. The summed E-state index contributed by atoms with van der Waals surface area (Å²) in [6.45, 7) is 4.67. The van der Waals surface area contributed by atoms with E-state index in [4.69, 9.17) is 0 Å². The van der Waals surface area contributed by atoms with Gasteiger partial charge in [-0.25, -0.2) is 4.39 Å². The Bertz CT molecular complexity index is 422. The van der Waals surface area contributed by atoms with E-state index in [1.54, 1.807) is 6.92 Å². The van der Waals surface area contributed by atoms with Gasteiger partial charge in [0, 0.05) is 17.7 Å². The molecule has 0 bridgehead atoms. The second-order valence-corrected chi connectivity index (χ2v) is 4.16. The highest BCUT2D eigenvalue weighted by Crippen LogP contribution is 2.16. The lowest BCUT2D eigenvalue weighted by molar-refractivity contribution is 0.325. The first-order chi connectivity index (χ1) is 7.79. The minimum absolute atomic E-state index is 0.132. The van der Waals surface area contributed by atoms with Crippen LogP contribution in [0.2, 0.25) is 0 Å². The predicted molar refractivity (Wildman–Crippen MR) is 63.5 cm³/mol. The molecular weight excluding hydrogens is 201 g/mol. The number of nitrogens with zero attached hydrogens (tertiary/aromatic N) is 1. The molecule has 0 saturated carbocycles. The van der Waals surface area contributed by atoms with Crippen molar-refractivity contribution in [2.45, 2.75) is 26.3 Å². The molecule has 0 N–H and O–H groups in total. The van der Waals surface area contributed by atoms with Crippen molar-refractivity contribution in [3.05, 3.63) is 35.1 Å². The van der Waals surface area contributed by atoms with Gasteiger partial charge in [0.2, 0.25) is 0 Å². The number of likely N-dealkylation sites (tertiary alicyclic amines) is 1. The van der Waals surface area contributed by atoms with Gasteiger partial charge in [-0.15, -0.1) is 5.92 Å². The summed E-state index contributed by atoms with van der Waals surface area (Å²) in [7, 11) is 0. The molecule has 0 unspecified atom stereocenters. The van der Waals surface area contributed by atoms with Gasteiger partial charge in [0.05, 0.1) is 0 Å². The van der Waals surface area contributed by atoms with E-state index in [2.05, 4.69) is 16.7 Å². The monoisotopic (exact) mass is 217 g/mol. The molecule has 1 heterocycles. The maximum atomic E-state index is 13.7. The Kier molecular flexibility index (Phi) is 3.58. The number of hydrogen-bond donors (Lipinski definition) is 0. The van der Waals surface area contributed by atoms with Crippen LogP contribution in [0.3, 0.4) is 0 Å². The Morgan fingerprint density at radius 3 is 2.69 bits per heavy atom. The van der Waals surface area contributed by atoms with Crippen LogP contribution in [0.5, 0.6) is 0 Å². The summed E-state index contributed by atoms with van der Waals surface area (Å²) in [4.78, 5) is 2.30. The van der Waals surface area contributed by atoms with E-state index in [0.29, 0.717) is 0 Å². The summed E-state index contributed by atoms with van der Waals surface area (Å²) in [5.74, 6) is 5.51. The van der Waals surface area contributed by atoms with Crippen molar-refractivity contribution in [3.8, 4) is 11.8 Å². The minimum Gasteiger partial charge on any atom is -0.299 e. The van der Waals surface area contributed by atoms with Gasteiger partial charge in [-0.3, -0.25) is 4.90 Å². The Hall–Kier alpha value is -1.33. The van der Waals surface area contributed by atoms with Crippen LogP contribution in [0.1, 0.15) is 30.9 Å². The van der Waals surface area contributed by atoms with Crippen molar-refractivity contribution in [1.82, 2.24) is 4.90 Å². The molecule has 1 aromatic carbocycles. The van der Waals surface area contributed by atoms with E-state index in [-0.39, 0.29) is 5.82 Å². The lowest BCUT2D eigenvalue weighted by atomic mass is 10.1. The summed E-state index contributed by atoms with van der Waals surface area (Å²) in [5.41, 5.74) is 1.54. The zero-order valence-electron chi connectivity index (χ0n) is 9.59. The van der Waals surface area contributed by atoms with E-state index < -0.39 is 0 Å². The topological polar surface area (TPSA) is 3.24 Å². The number of rotatable bonds is 2. The summed E-state index contributed by atoms with van der Waals surface area (Å²) in [6.07, 6.45) is 2.47. The molecule has 0 aliphatic carbocycles. The highest BCUT2D eigenvalue weighted by Gasteiger charge is 2.13. The third-order valence-electron chi connectivity index (χ3n) is 2.92. The first kappa shape index (κ1) is 11.2. The van der Waals surface area contributed by atoms with Crippen molar-refractivity contribution in [2.75, 3.05) is 13.1 Å². The number of benzene rings is 1. The summed E-state index contributed by atoms with van der Waals surface area (Å²) in [6, 6.07) is 5.28. The van der Waals surface area contributed by atoms with Crippen molar-refractivity contribution in [1.29, 1.82) is 0 Å². The van der Waals surface area contributed by atoms with E-state index in [0.717, 1.165) is 30.8 Å². The molecule has 0 spiro atoms. The summed E-state index contributed by atoms with van der Waals surface area (Å²) in [5, 5.41) is 0. The van der Waals surface area contributed by atoms with E-state index in [9.17, 15) is 4.39 Å². The molecule has 1 aliphatic rings. The van der Waals surface area contributed by atoms with Gasteiger partial charge in [0.25, 0.3) is 0 Å². The molecule has 84 valence electrons. The molecule has 0 radical (unpaired) electrons. The molecule has 0 amide bonds. The van der Waals surface area contributed by atoms with Crippen LogP contribution in [0.25, 0.3) is 0 Å².